The number of rotatable bonds is 7. The van der Waals surface area contributed by atoms with Gasteiger partial charge in [0.25, 0.3) is 11.8 Å². The van der Waals surface area contributed by atoms with Crippen molar-refractivity contribution in [3.05, 3.63) is 47.3 Å². The maximum Gasteiger partial charge on any atom is 0.276 e. The molecule has 1 aliphatic heterocycles. The molecule has 8 heteroatoms. The van der Waals surface area contributed by atoms with Crippen LogP contribution in [0.5, 0.6) is 5.75 Å². The summed E-state index contributed by atoms with van der Waals surface area (Å²) in [7, 11) is 0. The SMILES string of the molecule is Cc1cccc(OCC(=O)NCCN2CCN(C(=O)c3cc(C)on3)CC2)c1. The number of amides is 2. The highest BCUT2D eigenvalue weighted by molar-refractivity contribution is 5.92. The van der Waals surface area contributed by atoms with Crippen LogP contribution in [0.4, 0.5) is 0 Å². The minimum absolute atomic E-state index is 0.00283. The smallest absolute Gasteiger partial charge is 0.276 e. The Labute approximate surface area is 164 Å². The highest BCUT2D eigenvalue weighted by Crippen LogP contribution is 2.12. The van der Waals surface area contributed by atoms with Gasteiger partial charge in [-0.3, -0.25) is 14.5 Å². The van der Waals surface area contributed by atoms with Gasteiger partial charge in [0.1, 0.15) is 11.5 Å². The van der Waals surface area contributed by atoms with Crippen LogP contribution in [0.25, 0.3) is 0 Å². The molecule has 1 aromatic heterocycles. The van der Waals surface area contributed by atoms with Gasteiger partial charge >= 0.3 is 0 Å². The lowest BCUT2D eigenvalue weighted by molar-refractivity contribution is -0.123. The molecule has 2 aromatic rings. The maximum atomic E-state index is 12.3. The Morgan fingerprint density at radius 2 is 1.96 bits per heavy atom. The maximum absolute atomic E-state index is 12.3. The fourth-order valence-electron chi connectivity index (χ4n) is 3.06. The van der Waals surface area contributed by atoms with E-state index >= 15 is 0 Å². The van der Waals surface area contributed by atoms with Crippen molar-refractivity contribution in [2.75, 3.05) is 45.9 Å². The van der Waals surface area contributed by atoms with Crippen molar-refractivity contribution >= 4 is 11.8 Å². The number of ether oxygens (including phenoxy) is 1. The molecule has 3 rings (SSSR count). The van der Waals surface area contributed by atoms with E-state index in [1.807, 2.05) is 31.2 Å². The van der Waals surface area contributed by atoms with Gasteiger partial charge in [-0.1, -0.05) is 17.3 Å². The zero-order valence-electron chi connectivity index (χ0n) is 16.3. The fraction of sp³-hybridized carbons (Fsp3) is 0.450. The van der Waals surface area contributed by atoms with Crippen molar-refractivity contribution in [2.45, 2.75) is 13.8 Å². The number of nitrogens with one attached hydrogen (secondary N) is 1. The third-order valence-electron chi connectivity index (χ3n) is 4.62. The lowest BCUT2D eigenvalue weighted by Gasteiger charge is -2.34. The Balaban J connectivity index is 1.32. The summed E-state index contributed by atoms with van der Waals surface area (Å²) in [5.41, 5.74) is 1.45. The number of piperazine rings is 1. The van der Waals surface area contributed by atoms with Crippen molar-refractivity contribution in [1.29, 1.82) is 0 Å². The monoisotopic (exact) mass is 386 g/mol. The first-order chi connectivity index (χ1) is 13.5. The lowest BCUT2D eigenvalue weighted by atomic mass is 10.2. The van der Waals surface area contributed by atoms with Gasteiger partial charge < -0.3 is 19.5 Å². The number of benzene rings is 1. The van der Waals surface area contributed by atoms with Crippen LogP contribution in [0.15, 0.2) is 34.9 Å². The van der Waals surface area contributed by atoms with Crippen molar-refractivity contribution in [3.8, 4) is 5.75 Å². The molecule has 2 heterocycles. The number of nitrogens with zero attached hydrogens (tertiary/aromatic N) is 3. The van der Waals surface area contributed by atoms with E-state index in [1.165, 1.54) is 0 Å². The largest absolute Gasteiger partial charge is 0.484 e. The molecular formula is C20H26N4O4. The standard InChI is InChI=1S/C20H26N4O4/c1-15-4-3-5-17(12-15)27-14-19(25)21-6-7-23-8-10-24(11-9-23)20(26)18-13-16(2)28-22-18/h3-5,12-13H,6-11,14H2,1-2H3,(H,21,25). The molecule has 28 heavy (non-hydrogen) atoms. The van der Waals surface area contributed by atoms with E-state index in [9.17, 15) is 9.59 Å². The van der Waals surface area contributed by atoms with Crippen LogP contribution >= 0.6 is 0 Å². The summed E-state index contributed by atoms with van der Waals surface area (Å²) in [6, 6.07) is 9.27. The first-order valence-electron chi connectivity index (χ1n) is 9.42. The van der Waals surface area contributed by atoms with Crippen LogP contribution in [-0.2, 0) is 4.79 Å². The minimum Gasteiger partial charge on any atom is -0.484 e. The zero-order chi connectivity index (χ0) is 19.9. The molecule has 0 saturated carbocycles. The van der Waals surface area contributed by atoms with E-state index < -0.39 is 0 Å². The summed E-state index contributed by atoms with van der Waals surface area (Å²) < 4.78 is 10.5. The molecule has 8 nitrogen and oxygen atoms in total. The molecule has 1 aromatic carbocycles. The van der Waals surface area contributed by atoms with Gasteiger partial charge in [0, 0.05) is 45.3 Å². The van der Waals surface area contributed by atoms with Crippen LogP contribution < -0.4 is 10.1 Å². The van der Waals surface area contributed by atoms with Crippen LogP contribution in [0.2, 0.25) is 0 Å². The number of aryl methyl sites for hydroxylation is 2. The molecule has 0 atom stereocenters. The van der Waals surface area contributed by atoms with Crippen molar-refractivity contribution in [2.24, 2.45) is 0 Å². The third kappa shape index (κ3) is 5.56. The molecule has 1 aliphatic rings. The summed E-state index contributed by atoms with van der Waals surface area (Å²) in [5, 5.41) is 6.65. The normalized spacial score (nSPS) is 14.7. The number of hydrogen-bond donors (Lipinski definition) is 1. The van der Waals surface area contributed by atoms with E-state index in [2.05, 4.69) is 15.4 Å². The van der Waals surface area contributed by atoms with E-state index in [1.54, 1.807) is 17.9 Å². The fourth-order valence-corrected chi connectivity index (χ4v) is 3.06. The molecular weight excluding hydrogens is 360 g/mol. The second kappa shape index (κ2) is 9.36. The summed E-state index contributed by atoms with van der Waals surface area (Å²) in [6.45, 7) is 7.83. The molecule has 1 fully saturated rings. The van der Waals surface area contributed by atoms with Gasteiger partial charge in [-0.2, -0.15) is 0 Å². The molecule has 150 valence electrons. The summed E-state index contributed by atoms with van der Waals surface area (Å²) >= 11 is 0. The molecule has 0 unspecified atom stereocenters. The number of carbonyl (C=O) groups excluding carboxylic acids is 2. The average Bonchev–Trinajstić information content (AvgIpc) is 3.13. The van der Waals surface area contributed by atoms with Crippen molar-refractivity contribution < 1.29 is 18.8 Å². The number of carbonyl (C=O) groups is 2. The Bertz CT molecular complexity index is 812. The number of aromatic nitrogens is 1. The Morgan fingerprint density at radius 3 is 2.64 bits per heavy atom. The Morgan fingerprint density at radius 1 is 1.18 bits per heavy atom. The van der Waals surface area contributed by atoms with Crippen LogP contribution in [-0.4, -0.2) is 72.6 Å². The van der Waals surface area contributed by atoms with E-state index in [4.69, 9.17) is 9.26 Å². The van der Waals surface area contributed by atoms with Gasteiger partial charge in [-0.25, -0.2) is 0 Å². The predicted molar refractivity (Wildman–Crippen MR) is 103 cm³/mol. The number of hydrogen-bond acceptors (Lipinski definition) is 6. The molecule has 1 N–H and O–H groups in total. The highest BCUT2D eigenvalue weighted by Gasteiger charge is 2.24. The Kier molecular flexibility index (Phi) is 6.65. The topological polar surface area (TPSA) is 87.9 Å². The molecule has 0 aliphatic carbocycles. The van der Waals surface area contributed by atoms with Gasteiger partial charge in [0.2, 0.25) is 0 Å². The van der Waals surface area contributed by atoms with Crippen LogP contribution in [0.3, 0.4) is 0 Å². The minimum atomic E-state index is -0.142. The molecule has 1 saturated heterocycles. The van der Waals surface area contributed by atoms with Gasteiger partial charge in [-0.15, -0.1) is 0 Å². The first-order valence-corrected chi connectivity index (χ1v) is 9.42. The van der Waals surface area contributed by atoms with Crippen LogP contribution in [0.1, 0.15) is 21.8 Å². The van der Waals surface area contributed by atoms with Gasteiger partial charge in [-0.05, 0) is 31.5 Å². The second-order valence-electron chi connectivity index (χ2n) is 6.91. The zero-order valence-corrected chi connectivity index (χ0v) is 16.3. The first kappa shape index (κ1) is 19.9. The summed E-state index contributed by atoms with van der Waals surface area (Å²) in [4.78, 5) is 28.3. The van der Waals surface area contributed by atoms with E-state index in [0.717, 1.165) is 25.2 Å². The quantitative estimate of drug-likeness (QED) is 0.770. The highest BCUT2D eigenvalue weighted by atomic mass is 16.5. The molecule has 0 radical (unpaired) electrons. The Hall–Kier alpha value is -2.87. The second-order valence-corrected chi connectivity index (χ2v) is 6.91. The molecule has 0 spiro atoms. The van der Waals surface area contributed by atoms with E-state index in [-0.39, 0.29) is 18.4 Å². The molecule has 2 amide bonds. The van der Waals surface area contributed by atoms with Gasteiger partial charge in [0.05, 0.1) is 0 Å². The lowest BCUT2D eigenvalue weighted by Crippen LogP contribution is -2.50. The predicted octanol–water partition coefficient (Wildman–Crippen LogP) is 1.24. The average molecular weight is 386 g/mol. The van der Waals surface area contributed by atoms with Gasteiger partial charge in [0.15, 0.2) is 12.3 Å². The van der Waals surface area contributed by atoms with Crippen molar-refractivity contribution in [3.63, 3.8) is 0 Å². The molecule has 0 bridgehead atoms. The summed E-state index contributed by atoms with van der Waals surface area (Å²) in [5.74, 6) is 1.08. The van der Waals surface area contributed by atoms with Crippen LogP contribution in [0, 0.1) is 13.8 Å². The summed E-state index contributed by atoms with van der Waals surface area (Å²) in [6.07, 6.45) is 0. The van der Waals surface area contributed by atoms with E-state index in [0.29, 0.717) is 36.8 Å². The van der Waals surface area contributed by atoms with Crippen molar-refractivity contribution in [1.82, 2.24) is 20.3 Å². The third-order valence-corrected chi connectivity index (χ3v) is 4.62.